The van der Waals surface area contributed by atoms with Crippen molar-refractivity contribution < 1.29 is 0 Å². The number of rotatable bonds is 0. The quantitative estimate of drug-likeness (QED) is 0.262. The molecule has 0 radical (unpaired) electrons. The van der Waals surface area contributed by atoms with E-state index in [1.807, 2.05) is 13.8 Å². The molecule has 2 aliphatic carbocycles. The Balaban J connectivity index is 0.000000135. The van der Waals surface area contributed by atoms with Gasteiger partial charge in [0.05, 0.1) is 0 Å². The van der Waals surface area contributed by atoms with Crippen molar-refractivity contribution in [3.63, 3.8) is 0 Å². The topological polar surface area (TPSA) is 0 Å². The minimum atomic E-state index is 0.902. The van der Waals surface area contributed by atoms with Crippen molar-refractivity contribution in [2.75, 3.05) is 0 Å². The second-order valence-electron chi connectivity index (χ2n) is 8.79. The molecule has 3 unspecified atom stereocenters. The molecule has 0 heteroatoms. The Morgan fingerprint density at radius 1 is 0.700 bits per heavy atom. The van der Waals surface area contributed by atoms with Gasteiger partial charge in [0, 0.05) is 0 Å². The molecule has 30 heavy (non-hydrogen) atoms. The highest BCUT2D eigenvalue weighted by Gasteiger charge is 2.41. The highest BCUT2D eigenvalue weighted by Crippen LogP contribution is 2.54. The van der Waals surface area contributed by atoms with Crippen molar-refractivity contribution >= 4 is 21.5 Å². The summed E-state index contributed by atoms with van der Waals surface area (Å²) in [7, 11) is 0. The largest absolute Gasteiger partial charge is 0.0683 e. The van der Waals surface area contributed by atoms with Gasteiger partial charge in [-0.25, -0.2) is 0 Å². The Bertz CT molecular complexity index is 1080. The van der Waals surface area contributed by atoms with Gasteiger partial charge >= 0.3 is 0 Å². The maximum absolute atomic E-state index is 2.40. The van der Waals surface area contributed by atoms with Crippen LogP contribution in [0, 0.1) is 18.8 Å². The van der Waals surface area contributed by atoms with Crippen LogP contribution < -0.4 is 0 Å². The standard InChI is InChI=1S/C15H12.C13H16.C2H6/c1-11-14-8-4-2-6-12(14)10-13-7-3-5-9-15(11)13;1-9-6-10-4-2-3-5-12(10)13-8-11(13)7-9;1-2/h2-10H,1H3;2-5,9,11,13H,6-8H2,1H3;1-2H3. The van der Waals surface area contributed by atoms with E-state index in [9.17, 15) is 0 Å². The summed E-state index contributed by atoms with van der Waals surface area (Å²) in [6, 6.07) is 28.4. The molecule has 0 aliphatic heterocycles. The van der Waals surface area contributed by atoms with Gasteiger partial charge in [-0.05, 0) is 88.2 Å². The van der Waals surface area contributed by atoms with Crippen LogP contribution in [0.1, 0.15) is 56.2 Å². The average molecular weight is 395 g/mol. The van der Waals surface area contributed by atoms with E-state index >= 15 is 0 Å². The van der Waals surface area contributed by atoms with Crippen molar-refractivity contribution in [1.82, 2.24) is 0 Å². The molecule has 0 aromatic heterocycles. The number of hydrogen-bond acceptors (Lipinski definition) is 0. The summed E-state index contributed by atoms with van der Waals surface area (Å²) >= 11 is 0. The predicted molar refractivity (Wildman–Crippen MR) is 132 cm³/mol. The first kappa shape index (κ1) is 20.7. The molecule has 0 bridgehead atoms. The van der Waals surface area contributed by atoms with Gasteiger partial charge in [0.2, 0.25) is 0 Å². The van der Waals surface area contributed by atoms with Gasteiger partial charge in [-0.3, -0.25) is 0 Å². The summed E-state index contributed by atoms with van der Waals surface area (Å²) < 4.78 is 0. The lowest BCUT2D eigenvalue weighted by Crippen LogP contribution is -1.99. The van der Waals surface area contributed by atoms with Crippen LogP contribution in [0.4, 0.5) is 0 Å². The Morgan fingerprint density at radius 3 is 1.93 bits per heavy atom. The molecule has 0 amide bonds. The highest BCUT2D eigenvalue weighted by atomic mass is 14.5. The summed E-state index contributed by atoms with van der Waals surface area (Å²) in [5, 5.41) is 5.37. The van der Waals surface area contributed by atoms with E-state index in [2.05, 4.69) is 92.7 Å². The third kappa shape index (κ3) is 4.15. The molecule has 2 aliphatic rings. The van der Waals surface area contributed by atoms with Crippen LogP contribution in [0.3, 0.4) is 0 Å². The van der Waals surface area contributed by atoms with Crippen molar-refractivity contribution in [2.24, 2.45) is 11.8 Å². The molecule has 0 N–H and O–H groups in total. The molecule has 0 spiro atoms. The SMILES string of the molecule is CC.CC1Cc2ccccc2C2CC2C1.Cc1c2ccccc2cc2ccccc12. The van der Waals surface area contributed by atoms with Gasteiger partial charge in [-0.2, -0.15) is 0 Å². The maximum atomic E-state index is 2.40. The van der Waals surface area contributed by atoms with E-state index in [1.165, 1.54) is 46.4 Å². The molecule has 154 valence electrons. The van der Waals surface area contributed by atoms with Gasteiger partial charge in [-0.1, -0.05) is 93.6 Å². The van der Waals surface area contributed by atoms with Gasteiger partial charge in [0.15, 0.2) is 0 Å². The molecule has 0 saturated heterocycles. The summed E-state index contributed by atoms with van der Waals surface area (Å²) in [5.74, 6) is 2.86. The number of fused-ring (bicyclic) bond motifs is 5. The summed E-state index contributed by atoms with van der Waals surface area (Å²) in [5.41, 5.74) is 4.67. The zero-order valence-corrected chi connectivity index (χ0v) is 18.9. The zero-order valence-electron chi connectivity index (χ0n) is 18.9. The van der Waals surface area contributed by atoms with Gasteiger partial charge in [0.25, 0.3) is 0 Å². The molecule has 4 aromatic carbocycles. The van der Waals surface area contributed by atoms with Gasteiger partial charge < -0.3 is 0 Å². The van der Waals surface area contributed by atoms with E-state index in [-0.39, 0.29) is 0 Å². The third-order valence-corrected chi connectivity index (χ3v) is 6.69. The van der Waals surface area contributed by atoms with Crippen LogP contribution in [-0.2, 0) is 6.42 Å². The van der Waals surface area contributed by atoms with Crippen LogP contribution in [-0.4, -0.2) is 0 Å². The summed E-state index contributed by atoms with van der Waals surface area (Å²) in [6.07, 6.45) is 4.23. The fourth-order valence-corrected chi connectivity index (χ4v) is 5.19. The van der Waals surface area contributed by atoms with E-state index < -0.39 is 0 Å². The second kappa shape index (κ2) is 9.04. The first-order valence-electron chi connectivity index (χ1n) is 11.7. The first-order chi connectivity index (χ1) is 14.7. The average Bonchev–Trinajstić information content (AvgIpc) is 3.56. The zero-order chi connectivity index (χ0) is 21.1. The summed E-state index contributed by atoms with van der Waals surface area (Å²) in [4.78, 5) is 0. The Kier molecular flexibility index (Phi) is 6.23. The maximum Gasteiger partial charge on any atom is -0.0128 e. The predicted octanol–water partition coefficient (Wildman–Crippen LogP) is 8.70. The first-order valence-corrected chi connectivity index (χ1v) is 11.7. The smallest absolute Gasteiger partial charge is 0.0128 e. The lowest BCUT2D eigenvalue weighted by Gasteiger charge is -2.09. The molecule has 1 fully saturated rings. The van der Waals surface area contributed by atoms with E-state index in [1.54, 1.807) is 11.1 Å². The van der Waals surface area contributed by atoms with Crippen molar-refractivity contribution in [2.45, 2.75) is 52.9 Å². The number of hydrogen-bond donors (Lipinski definition) is 0. The van der Waals surface area contributed by atoms with Crippen molar-refractivity contribution in [3.05, 3.63) is 95.6 Å². The molecule has 0 nitrogen and oxygen atoms in total. The molecule has 4 aromatic rings. The van der Waals surface area contributed by atoms with E-state index in [0.29, 0.717) is 0 Å². The Morgan fingerprint density at radius 2 is 1.27 bits per heavy atom. The van der Waals surface area contributed by atoms with Crippen LogP contribution in [0.15, 0.2) is 78.9 Å². The molecule has 0 heterocycles. The minimum Gasteiger partial charge on any atom is -0.0683 e. The molecular weight excluding hydrogens is 360 g/mol. The Hall–Kier alpha value is -2.60. The van der Waals surface area contributed by atoms with Gasteiger partial charge in [0.1, 0.15) is 0 Å². The van der Waals surface area contributed by atoms with Crippen LogP contribution >= 0.6 is 0 Å². The van der Waals surface area contributed by atoms with Crippen molar-refractivity contribution in [1.29, 1.82) is 0 Å². The number of aryl methyl sites for hydroxylation is 1. The lowest BCUT2D eigenvalue weighted by atomic mass is 9.96. The fraction of sp³-hybridized carbons (Fsp3) is 0.333. The molecular formula is C30H34. The molecule has 1 saturated carbocycles. The minimum absolute atomic E-state index is 0.902. The van der Waals surface area contributed by atoms with Crippen LogP contribution in [0.25, 0.3) is 21.5 Å². The van der Waals surface area contributed by atoms with E-state index in [4.69, 9.17) is 0 Å². The Labute approximate surface area is 182 Å². The van der Waals surface area contributed by atoms with Gasteiger partial charge in [-0.15, -0.1) is 0 Å². The fourth-order valence-electron chi connectivity index (χ4n) is 5.19. The number of benzene rings is 4. The lowest BCUT2D eigenvalue weighted by molar-refractivity contribution is 0.500. The molecule has 6 rings (SSSR count). The summed E-state index contributed by atoms with van der Waals surface area (Å²) in [6.45, 7) is 8.60. The normalized spacial score (nSPS) is 21.3. The third-order valence-electron chi connectivity index (χ3n) is 6.69. The monoisotopic (exact) mass is 394 g/mol. The second-order valence-corrected chi connectivity index (χ2v) is 8.79. The highest BCUT2D eigenvalue weighted by molar-refractivity contribution is 6.01. The molecule has 3 atom stereocenters. The van der Waals surface area contributed by atoms with Crippen molar-refractivity contribution in [3.8, 4) is 0 Å². The van der Waals surface area contributed by atoms with Crippen LogP contribution in [0.5, 0.6) is 0 Å². The van der Waals surface area contributed by atoms with E-state index in [0.717, 1.165) is 17.8 Å². The van der Waals surface area contributed by atoms with Crippen LogP contribution in [0.2, 0.25) is 0 Å².